The minimum Gasteiger partial charge on any atom is -0.334 e. The van der Waals surface area contributed by atoms with Crippen LogP contribution in [0.5, 0.6) is 0 Å². The number of benzene rings is 1. The highest BCUT2D eigenvalue weighted by Crippen LogP contribution is 2.24. The second-order valence-corrected chi connectivity index (χ2v) is 4.85. The van der Waals surface area contributed by atoms with E-state index in [9.17, 15) is 4.39 Å². The molecule has 0 amide bonds. The Kier molecular flexibility index (Phi) is 2.46. The maximum Gasteiger partial charge on any atom is 0.123 e. The predicted octanol–water partition coefficient (Wildman–Crippen LogP) is 3.27. The van der Waals surface area contributed by atoms with E-state index in [-0.39, 0.29) is 5.82 Å². The van der Waals surface area contributed by atoms with Crippen LogP contribution in [0.2, 0.25) is 0 Å². The molecule has 0 bridgehead atoms. The maximum absolute atomic E-state index is 12.9. The summed E-state index contributed by atoms with van der Waals surface area (Å²) in [5, 5.41) is 0. The number of halogens is 1. The van der Waals surface area contributed by atoms with Crippen LogP contribution in [0.25, 0.3) is 11.3 Å². The molecule has 1 aliphatic rings. The first-order chi connectivity index (χ1) is 8.22. The van der Waals surface area contributed by atoms with Gasteiger partial charge in [0.05, 0.1) is 5.69 Å². The summed E-state index contributed by atoms with van der Waals surface area (Å²) in [5.41, 5.74) is 1.94. The number of aryl methyl sites for hydroxylation is 1. The van der Waals surface area contributed by atoms with Crippen LogP contribution in [0.1, 0.15) is 19.2 Å². The van der Waals surface area contributed by atoms with Gasteiger partial charge in [-0.3, -0.25) is 0 Å². The lowest BCUT2D eigenvalue weighted by Crippen LogP contribution is -2.17. The molecular weight excluding hydrogens is 215 g/mol. The van der Waals surface area contributed by atoms with E-state index < -0.39 is 0 Å². The lowest BCUT2D eigenvalue weighted by molar-refractivity contribution is 0.394. The van der Waals surface area contributed by atoms with Gasteiger partial charge in [-0.15, -0.1) is 0 Å². The number of hydrogen-bond acceptors (Lipinski definition) is 1. The monoisotopic (exact) mass is 230 g/mol. The molecule has 2 aromatic rings. The van der Waals surface area contributed by atoms with Crippen molar-refractivity contribution in [3.63, 3.8) is 0 Å². The minimum absolute atomic E-state index is 0.202. The molecule has 3 heteroatoms. The summed E-state index contributed by atoms with van der Waals surface area (Å²) in [5.74, 6) is 1.67. The molecule has 3 rings (SSSR count). The van der Waals surface area contributed by atoms with Gasteiger partial charge in [0.2, 0.25) is 0 Å². The fourth-order valence-electron chi connectivity index (χ4n) is 2.37. The summed E-state index contributed by atoms with van der Waals surface area (Å²) in [4.78, 5) is 4.63. The molecule has 17 heavy (non-hydrogen) atoms. The minimum atomic E-state index is -0.202. The van der Waals surface area contributed by atoms with E-state index in [2.05, 4.69) is 22.7 Å². The average Bonchev–Trinajstić information content (AvgIpc) is 2.72. The number of imidazole rings is 1. The van der Waals surface area contributed by atoms with Crippen LogP contribution in [-0.4, -0.2) is 9.55 Å². The Morgan fingerprint density at radius 1 is 1.29 bits per heavy atom. The lowest BCUT2D eigenvalue weighted by atomic mass is 10.0. The van der Waals surface area contributed by atoms with Crippen LogP contribution in [0.3, 0.4) is 0 Å². The SMILES string of the molecule is CC1CCc2nc(-c3ccc(F)cc3)cn2C1. The van der Waals surface area contributed by atoms with Crippen LogP contribution in [0, 0.1) is 11.7 Å². The Morgan fingerprint density at radius 2 is 2.06 bits per heavy atom. The van der Waals surface area contributed by atoms with Crippen LogP contribution in [-0.2, 0) is 13.0 Å². The fraction of sp³-hybridized carbons (Fsp3) is 0.357. The lowest BCUT2D eigenvalue weighted by Gasteiger charge is -2.19. The van der Waals surface area contributed by atoms with Gasteiger partial charge in [-0.25, -0.2) is 9.37 Å². The van der Waals surface area contributed by atoms with Crippen LogP contribution < -0.4 is 0 Å². The van der Waals surface area contributed by atoms with Crippen molar-refractivity contribution in [3.05, 3.63) is 42.1 Å². The Labute approximate surface area is 100 Å². The zero-order valence-electron chi connectivity index (χ0n) is 9.86. The van der Waals surface area contributed by atoms with Gasteiger partial charge in [-0.05, 0) is 36.6 Å². The molecule has 0 radical (unpaired) electrons. The first-order valence-corrected chi connectivity index (χ1v) is 6.04. The number of fused-ring (bicyclic) bond motifs is 1. The van der Waals surface area contributed by atoms with Crippen molar-refractivity contribution in [1.29, 1.82) is 0 Å². The summed E-state index contributed by atoms with van der Waals surface area (Å²) in [6, 6.07) is 6.53. The van der Waals surface area contributed by atoms with Crippen molar-refractivity contribution in [2.75, 3.05) is 0 Å². The van der Waals surface area contributed by atoms with Gasteiger partial charge in [0, 0.05) is 24.7 Å². The summed E-state index contributed by atoms with van der Waals surface area (Å²) in [7, 11) is 0. The van der Waals surface area contributed by atoms with E-state index in [1.165, 1.54) is 18.6 Å². The number of hydrogen-bond donors (Lipinski definition) is 0. The molecule has 0 aliphatic carbocycles. The molecule has 1 unspecified atom stereocenters. The quantitative estimate of drug-likeness (QED) is 0.735. The molecule has 0 saturated heterocycles. The smallest absolute Gasteiger partial charge is 0.123 e. The molecule has 1 aliphatic heterocycles. The van der Waals surface area contributed by atoms with Crippen LogP contribution in [0.4, 0.5) is 4.39 Å². The first kappa shape index (κ1) is 10.5. The molecule has 1 atom stereocenters. The second kappa shape index (κ2) is 3.99. The molecule has 0 spiro atoms. The second-order valence-electron chi connectivity index (χ2n) is 4.85. The molecular formula is C14H15FN2. The van der Waals surface area contributed by atoms with Gasteiger partial charge in [0.1, 0.15) is 11.6 Å². The van der Waals surface area contributed by atoms with Gasteiger partial charge < -0.3 is 4.57 Å². The third kappa shape index (κ3) is 1.97. The molecule has 1 aromatic carbocycles. The number of rotatable bonds is 1. The Balaban J connectivity index is 1.97. The Morgan fingerprint density at radius 3 is 2.82 bits per heavy atom. The first-order valence-electron chi connectivity index (χ1n) is 6.04. The normalized spacial score (nSPS) is 19.1. The largest absolute Gasteiger partial charge is 0.334 e. The van der Waals surface area contributed by atoms with Crippen molar-refractivity contribution in [2.24, 2.45) is 5.92 Å². The third-order valence-electron chi connectivity index (χ3n) is 3.37. The molecule has 0 fully saturated rings. The topological polar surface area (TPSA) is 17.8 Å². The molecule has 1 aromatic heterocycles. The van der Waals surface area contributed by atoms with E-state index >= 15 is 0 Å². The van der Waals surface area contributed by atoms with Crippen molar-refractivity contribution in [1.82, 2.24) is 9.55 Å². The molecule has 2 heterocycles. The zero-order chi connectivity index (χ0) is 11.8. The maximum atomic E-state index is 12.9. The van der Waals surface area contributed by atoms with E-state index in [0.29, 0.717) is 0 Å². The van der Waals surface area contributed by atoms with Crippen LogP contribution in [0.15, 0.2) is 30.5 Å². The van der Waals surface area contributed by atoms with Crippen molar-refractivity contribution in [2.45, 2.75) is 26.3 Å². The molecule has 2 nitrogen and oxygen atoms in total. The van der Waals surface area contributed by atoms with Gasteiger partial charge in [-0.2, -0.15) is 0 Å². The van der Waals surface area contributed by atoms with Crippen molar-refractivity contribution >= 4 is 0 Å². The van der Waals surface area contributed by atoms with Gasteiger partial charge in [0.25, 0.3) is 0 Å². The zero-order valence-corrected chi connectivity index (χ0v) is 9.86. The average molecular weight is 230 g/mol. The Bertz CT molecular complexity index is 528. The fourth-order valence-corrected chi connectivity index (χ4v) is 2.37. The highest BCUT2D eigenvalue weighted by Gasteiger charge is 2.17. The summed E-state index contributed by atoms with van der Waals surface area (Å²) in [6.45, 7) is 3.31. The standard InChI is InChI=1S/C14H15FN2/c1-10-2-7-14-16-13(9-17(14)8-10)11-3-5-12(15)6-4-11/h3-6,9-10H,2,7-8H2,1H3. The van der Waals surface area contributed by atoms with Gasteiger partial charge in [-0.1, -0.05) is 6.92 Å². The van der Waals surface area contributed by atoms with Crippen molar-refractivity contribution < 1.29 is 4.39 Å². The van der Waals surface area contributed by atoms with Crippen molar-refractivity contribution in [3.8, 4) is 11.3 Å². The third-order valence-corrected chi connectivity index (χ3v) is 3.37. The van der Waals surface area contributed by atoms with E-state index in [4.69, 9.17) is 0 Å². The summed E-state index contributed by atoms with van der Waals surface area (Å²) < 4.78 is 15.1. The molecule has 0 saturated carbocycles. The summed E-state index contributed by atoms with van der Waals surface area (Å²) >= 11 is 0. The molecule has 88 valence electrons. The Hall–Kier alpha value is -1.64. The highest BCUT2D eigenvalue weighted by atomic mass is 19.1. The van der Waals surface area contributed by atoms with E-state index in [1.54, 1.807) is 12.1 Å². The summed E-state index contributed by atoms with van der Waals surface area (Å²) in [6.07, 6.45) is 4.33. The van der Waals surface area contributed by atoms with Gasteiger partial charge >= 0.3 is 0 Å². The van der Waals surface area contributed by atoms with Gasteiger partial charge in [0.15, 0.2) is 0 Å². The van der Waals surface area contributed by atoms with E-state index in [1.807, 2.05) is 0 Å². The van der Waals surface area contributed by atoms with Crippen LogP contribution >= 0.6 is 0 Å². The highest BCUT2D eigenvalue weighted by molar-refractivity contribution is 5.58. The number of nitrogens with zero attached hydrogens (tertiary/aromatic N) is 2. The number of aromatic nitrogens is 2. The predicted molar refractivity (Wildman–Crippen MR) is 65.1 cm³/mol. The van der Waals surface area contributed by atoms with E-state index in [0.717, 1.165) is 36.0 Å². The molecule has 0 N–H and O–H groups in total.